The summed E-state index contributed by atoms with van der Waals surface area (Å²) in [7, 11) is 1.94. The molecule has 1 aromatic carbocycles. The minimum atomic E-state index is -0.0445. The number of likely N-dealkylation sites (tertiary alicyclic amines) is 1. The van der Waals surface area contributed by atoms with Gasteiger partial charge in [-0.15, -0.1) is 35.5 Å². The van der Waals surface area contributed by atoms with Crippen molar-refractivity contribution >= 4 is 53.0 Å². The van der Waals surface area contributed by atoms with Gasteiger partial charge in [0.15, 0.2) is 0 Å². The van der Waals surface area contributed by atoms with E-state index in [9.17, 15) is 9.59 Å². The molecule has 1 saturated heterocycles. The number of carbonyl (C=O) groups is 2. The zero-order valence-electron chi connectivity index (χ0n) is 15.1. The number of hydrogen-bond acceptors (Lipinski definition) is 5. The molecule has 27 heavy (non-hydrogen) atoms. The van der Waals surface area contributed by atoms with E-state index < -0.39 is 0 Å². The lowest BCUT2D eigenvalue weighted by Gasteiger charge is -2.17. The van der Waals surface area contributed by atoms with E-state index in [0.717, 1.165) is 30.3 Å². The Bertz CT molecular complexity index is 738. The molecular formula is C19H24ClN3O2S2. The van der Waals surface area contributed by atoms with E-state index >= 15 is 0 Å². The van der Waals surface area contributed by atoms with E-state index in [1.807, 2.05) is 29.5 Å². The molecule has 0 radical (unpaired) electrons. The van der Waals surface area contributed by atoms with E-state index in [1.165, 1.54) is 11.8 Å². The molecule has 1 unspecified atom stereocenters. The van der Waals surface area contributed by atoms with E-state index in [0.29, 0.717) is 22.9 Å². The fourth-order valence-electron chi connectivity index (χ4n) is 3.03. The molecule has 1 aromatic heterocycles. The van der Waals surface area contributed by atoms with Crippen molar-refractivity contribution in [1.29, 1.82) is 0 Å². The summed E-state index contributed by atoms with van der Waals surface area (Å²) >= 11 is 3.15. The molecule has 1 fully saturated rings. The van der Waals surface area contributed by atoms with Crippen molar-refractivity contribution in [3.05, 3.63) is 47.3 Å². The monoisotopic (exact) mass is 425 g/mol. The first-order valence-corrected chi connectivity index (χ1v) is 10.5. The predicted octanol–water partition coefficient (Wildman–Crippen LogP) is 3.58. The average Bonchev–Trinajstić information content (AvgIpc) is 3.32. The lowest BCUT2D eigenvalue weighted by atomic mass is 10.1. The predicted molar refractivity (Wildman–Crippen MR) is 115 cm³/mol. The minimum Gasteiger partial charge on any atom is -0.338 e. The van der Waals surface area contributed by atoms with Crippen molar-refractivity contribution < 1.29 is 9.59 Å². The Kier molecular flexibility index (Phi) is 8.63. The summed E-state index contributed by atoms with van der Waals surface area (Å²) in [6.07, 6.45) is 1.04. The molecule has 2 amide bonds. The highest BCUT2D eigenvalue weighted by Gasteiger charge is 2.26. The molecule has 1 aliphatic rings. The van der Waals surface area contributed by atoms with Crippen LogP contribution in [0.25, 0.3) is 0 Å². The van der Waals surface area contributed by atoms with Crippen LogP contribution in [0.15, 0.2) is 46.0 Å². The van der Waals surface area contributed by atoms with Crippen LogP contribution in [0.2, 0.25) is 0 Å². The van der Waals surface area contributed by atoms with Gasteiger partial charge in [-0.3, -0.25) is 9.59 Å². The number of halogens is 1. The molecule has 0 bridgehead atoms. The van der Waals surface area contributed by atoms with Crippen LogP contribution in [-0.4, -0.2) is 49.1 Å². The van der Waals surface area contributed by atoms with E-state index in [2.05, 4.69) is 10.6 Å². The molecule has 1 atom stereocenters. The Morgan fingerprint density at radius 1 is 1.26 bits per heavy atom. The molecule has 146 valence electrons. The topological polar surface area (TPSA) is 61.4 Å². The normalized spacial score (nSPS) is 16.0. The number of amides is 2. The fourth-order valence-corrected chi connectivity index (χ4v) is 4.61. The standard InChI is InChI=1S/C19H23N3O2S2.ClH/c1-20-11-14-8-9-22(12-14)19(24)15-4-6-16(7-5-15)21-17(23)13-26-18-3-2-10-25-18;/h2-7,10,14,20H,8-9,11-13H2,1H3,(H,21,23);1H. The lowest BCUT2D eigenvalue weighted by Crippen LogP contribution is -2.30. The number of hydrogen-bond donors (Lipinski definition) is 2. The second-order valence-corrected chi connectivity index (χ2v) is 8.53. The van der Waals surface area contributed by atoms with Crippen molar-refractivity contribution in [2.45, 2.75) is 10.6 Å². The summed E-state index contributed by atoms with van der Waals surface area (Å²) in [4.78, 5) is 26.5. The quantitative estimate of drug-likeness (QED) is 0.665. The summed E-state index contributed by atoms with van der Waals surface area (Å²) in [5.41, 5.74) is 1.38. The number of rotatable bonds is 7. The van der Waals surface area contributed by atoms with Crippen molar-refractivity contribution in [3.63, 3.8) is 0 Å². The van der Waals surface area contributed by atoms with Crippen LogP contribution < -0.4 is 10.6 Å². The van der Waals surface area contributed by atoms with Gasteiger partial charge >= 0.3 is 0 Å². The molecular weight excluding hydrogens is 402 g/mol. The first-order valence-electron chi connectivity index (χ1n) is 8.66. The van der Waals surface area contributed by atoms with Gasteiger partial charge in [0.05, 0.1) is 9.96 Å². The Morgan fingerprint density at radius 2 is 2.04 bits per heavy atom. The highest BCUT2D eigenvalue weighted by molar-refractivity contribution is 8.01. The number of benzene rings is 1. The third-order valence-electron chi connectivity index (χ3n) is 4.32. The van der Waals surface area contributed by atoms with Crippen LogP contribution in [0.5, 0.6) is 0 Å². The van der Waals surface area contributed by atoms with Gasteiger partial charge in [0.25, 0.3) is 5.91 Å². The molecule has 2 aromatic rings. The van der Waals surface area contributed by atoms with Gasteiger partial charge in [0.1, 0.15) is 0 Å². The zero-order chi connectivity index (χ0) is 18.4. The Morgan fingerprint density at radius 3 is 2.70 bits per heavy atom. The fraction of sp³-hybridized carbons (Fsp3) is 0.368. The number of thiophene rings is 1. The van der Waals surface area contributed by atoms with E-state index in [4.69, 9.17) is 0 Å². The summed E-state index contributed by atoms with van der Waals surface area (Å²) in [6, 6.07) is 11.1. The summed E-state index contributed by atoms with van der Waals surface area (Å²) in [6.45, 7) is 2.56. The van der Waals surface area contributed by atoms with Gasteiger partial charge in [0.2, 0.25) is 5.91 Å². The number of carbonyl (C=O) groups excluding carboxylic acids is 2. The molecule has 0 aliphatic carbocycles. The molecule has 2 N–H and O–H groups in total. The third kappa shape index (κ3) is 6.24. The van der Waals surface area contributed by atoms with Crippen molar-refractivity contribution in [2.24, 2.45) is 5.92 Å². The van der Waals surface area contributed by atoms with Crippen LogP contribution in [0, 0.1) is 5.92 Å². The first-order chi connectivity index (χ1) is 12.7. The molecule has 8 heteroatoms. The third-order valence-corrected chi connectivity index (χ3v) is 6.45. The Balaban J connectivity index is 0.00000261. The van der Waals surface area contributed by atoms with Gasteiger partial charge < -0.3 is 15.5 Å². The highest BCUT2D eigenvalue weighted by Crippen LogP contribution is 2.23. The van der Waals surface area contributed by atoms with E-state index in [-0.39, 0.29) is 24.2 Å². The molecule has 5 nitrogen and oxygen atoms in total. The van der Waals surface area contributed by atoms with Crippen LogP contribution in [0.1, 0.15) is 16.8 Å². The van der Waals surface area contributed by atoms with E-state index in [1.54, 1.807) is 35.6 Å². The summed E-state index contributed by atoms with van der Waals surface area (Å²) in [5, 5.41) is 8.05. The zero-order valence-corrected chi connectivity index (χ0v) is 17.6. The smallest absolute Gasteiger partial charge is 0.253 e. The minimum absolute atomic E-state index is 0. The Hall–Kier alpha value is -1.54. The second-order valence-electron chi connectivity index (χ2n) is 6.31. The number of nitrogens with zero attached hydrogens (tertiary/aromatic N) is 1. The number of thioether (sulfide) groups is 1. The van der Waals surface area contributed by atoms with Crippen LogP contribution >= 0.6 is 35.5 Å². The summed E-state index contributed by atoms with van der Waals surface area (Å²) < 4.78 is 1.13. The molecule has 3 rings (SSSR count). The van der Waals surface area contributed by atoms with Crippen molar-refractivity contribution in [1.82, 2.24) is 10.2 Å². The van der Waals surface area contributed by atoms with Gasteiger partial charge in [-0.25, -0.2) is 0 Å². The second kappa shape index (κ2) is 10.7. The maximum Gasteiger partial charge on any atom is 0.253 e. The lowest BCUT2D eigenvalue weighted by molar-refractivity contribution is -0.113. The SMILES string of the molecule is CNCC1CCN(C(=O)c2ccc(NC(=O)CSc3cccs3)cc2)C1.Cl. The molecule has 2 heterocycles. The number of anilines is 1. The van der Waals surface area contributed by atoms with Gasteiger partial charge in [-0.1, -0.05) is 6.07 Å². The van der Waals surface area contributed by atoms with Gasteiger partial charge in [-0.05, 0) is 61.6 Å². The maximum absolute atomic E-state index is 12.6. The Labute approximate surface area is 174 Å². The molecule has 0 spiro atoms. The van der Waals surface area contributed by atoms with Crippen molar-refractivity contribution in [3.8, 4) is 0 Å². The first kappa shape index (κ1) is 21.8. The van der Waals surface area contributed by atoms with Crippen molar-refractivity contribution in [2.75, 3.05) is 37.8 Å². The maximum atomic E-state index is 12.6. The molecule has 0 saturated carbocycles. The number of nitrogens with one attached hydrogen (secondary N) is 2. The van der Waals surface area contributed by atoms with Crippen LogP contribution in [0.3, 0.4) is 0 Å². The van der Waals surface area contributed by atoms with Gasteiger partial charge in [0, 0.05) is 24.3 Å². The highest BCUT2D eigenvalue weighted by atomic mass is 35.5. The molecule has 1 aliphatic heterocycles. The van der Waals surface area contributed by atoms with Crippen LogP contribution in [-0.2, 0) is 4.79 Å². The average molecular weight is 426 g/mol. The van der Waals surface area contributed by atoms with Gasteiger partial charge in [-0.2, -0.15) is 0 Å². The van der Waals surface area contributed by atoms with Crippen LogP contribution in [0.4, 0.5) is 5.69 Å². The largest absolute Gasteiger partial charge is 0.338 e. The summed E-state index contributed by atoms with van der Waals surface area (Å²) in [5.74, 6) is 0.928.